The molecule has 256 valence electrons. The molecule has 1 aliphatic heterocycles. The van der Waals surface area contributed by atoms with Gasteiger partial charge in [-0.2, -0.15) is 0 Å². The Kier molecular flexibility index (Phi) is 13.2. The normalized spacial score (nSPS) is 20.9. The topological polar surface area (TPSA) is 198 Å². The lowest BCUT2D eigenvalue weighted by molar-refractivity contribution is -0.145. The molecule has 0 aromatic carbocycles. The number of hydrogen-bond acceptors (Lipinski definition) is 10. The Bertz CT molecular complexity index is 1380. The van der Waals surface area contributed by atoms with Crippen LogP contribution in [0.4, 0.5) is 0 Å². The SMILES string of the molecule is CCCC(CC(=O)[C@@H]1[C@H]2CCC(=O)[C@H]2CN1C(=O)[C@@H](NC(=O)[C@H](CC(=O)c1cnccn1)C(C)C)C(C)C)C(=O)C(=O)CCC(=O)O. The van der Waals surface area contributed by atoms with Crippen molar-refractivity contribution in [2.75, 3.05) is 6.54 Å². The molecule has 1 unspecified atom stereocenters. The first kappa shape index (κ1) is 37.3. The Labute approximate surface area is 274 Å². The van der Waals surface area contributed by atoms with Gasteiger partial charge < -0.3 is 15.3 Å². The van der Waals surface area contributed by atoms with Crippen molar-refractivity contribution in [2.45, 2.75) is 98.1 Å². The second-order valence-electron chi connectivity index (χ2n) is 13.3. The van der Waals surface area contributed by atoms with E-state index in [9.17, 15) is 38.4 Å². The van der Waals surface area contributed by atoms with Gasteiger partial charge in [-0.3, -0.25) is 43.3 Å². The predicted octanol–water partition coefficient (Wildman–Crippen LogP) is 2.65. The summed E-state index contributed by atoms with van der Waals surface area (Å²) in [6.45, 7) is 8.88. The number of carboxylic acids is 1. The number of aromatic nitrogens is 2. The third-order valence-corrected chi connectivity index (χ3v) is 9.32. The van der Waals surface area contributed by atoms with E-state index in [0.29, 0.717) is 12.8 Å². The van der Waals surface area contributed by atoms with Gasteiger partial charge in [0.05, 0.1) is 18.7 Å². The maximum Gasteiger partial charge on any atom is 0.303 e. The fraction of sp³-hybridized carbons (Fsp3) is 0.647. The van der Waals surface area contributed by atoms with Crippen LogP contribution in [0.15, 0.2) is 18.6 Å². The number of ketones is 5. The minimum Gasteiger partial charge on any atom is -0.481 e. The first-order chi connectivity index (χ1) is 22.2. The number of hydrogen-bond donors (Lipinski definition) is 2. The number of likely N-dealkylation sites (tertiary alicyclic amines) is 1. The van der Waals surface area contributed by atoms with Gasteiger partial charge in [-0.05, 0) is 30.6 Å². The lowest BCUT2D eigenvalue weighted by Gasteiger charge is -2.33. The van der Waals surface area contributed by atoms with Gasteiger partial charge in [0, 0.05) is 62.4 Å². The zero-order valence-corrected chi connectivity index (χ0v) is 27.8. The number of rotatable bonds is 18. The minimum atomic E-state index is -1.21. The zero-order chi connectivity index (χ0) is 35.0. The second-order valence-corrected chi connectivity index (χ2v) is 13.3. The first-order valence-electron chi connectivity index (χ1n) is 16.4. The maximum atomic E-state index is 14.2. The molecular weight excluding hydrogens is 608 g/mol. The number of amides is 2. The van der Waals surface area contributed by atoms with Crippen molar-refractivity contribution in [3.05, 3.63) is 24.3 Å². The molecule has 2 heterocycles. The lowest BCUT2D eigenvalue weighted by Crippen LogP contribution is -2.56. The van der Waals surface area contributed by atoms with Crippen LogP contribution in [0, 0.1) is 35.5 Å². The summed E-state index contributed by atoms with van der Waals surface area (Å²) in [4.78, 5) is 113. The van der Waals surface area contributed by atoms with Crippen LogP contribution in [-0.4, -0.2) is 85.3 Å². The number of nitrogens with one attached hydrogen (secondary N) is 1. The smallest absolute Gasteiger partial charge is 0.303 e. The Morgan fingerprint density at radius 3 is 2.28 bits per heavy atom. The number of carboxylic acid groups (broad SMARTS) is 1. The molecule has 2 aliphatic rings. The number of carbonyl (C=O) groups is 8. The molecule has 13 nitrogen and oxygen atoms in total. The summed E-state index contributed by atoms with van der Waals surface area (Å²) >= 11 is 0. The quantitative estimate of drug-likeness (QED) is 0.174. The van der Waals surface area contributed by atoms with E-state index in [1.807, 2.05) is 0 Å². The third kappa shape index (κ3) is 9.23. The van der Waals surface area contributed by atoms with E-state index in [0.717, 1.165) is 0 Å². The molecule has 0 spiro atoms. The molecule has 3 rings (SSSR count). The molecule has 1 aliphatic carbocycles. The van der Waals surface area contributed by atoms with Gasteiger partial charge in [0.25, 0.3) is 0 Å². The molecule has 2 N–H and O–H groups in total. The summed E-state index contributed by atoms with van der Waals surface area (Å²) in [6.07, 6.45) is 4.09. The summed E-state index contributed by atoms with van der Waals surface area (Å²) < 4.78 is 0. The minimum absolute atomic E-state index is 0.000531. The lowest BCUT2D eigenvalue weighted by atomic mass is 9.84. The van der Waals surface area contributed by atoms with Gasteiger partial charge in [-0.1, -0.05) is 41.0 Å². The molecule has 2 fully saturated rings. The largest absolute Gasteiger partial charge is 0.481 e. The van der Waals surface area contributed by atoms with Crippen molar-refractivity contribution in [1.29, 1.82) is 0 Å². The molecule has 1 aromatic rings. The van der Waals surface area contributed by atoms with Crippen LogP contribution >= 0.6 is 0 Å². The Morgan fingerprint density at radius 2 is 1.70 bits per heavy atom. The third-order valence-electron chi connectivity index (χ3n) is 9.32. The Balaban J connectivity index is 1.83. The molecule has 6 atom stereocenters. The number of Topliss-reactive ketones (excluding diaryl/α,β-unsaturated/α-hetero) is 5. The van der Waals surface area contributed by atoms with Crippen molar-refractivity contribution in [3.63, 3.8) is 0 Å². The number of nitrogens with zero attached hydrogens (tertiary/aromatic N) is 3. The van der Waals surface area contributed by atoms with Gasteiger partial charge in [-0.15, -0.1) is 0 Å². The summed E-state index contributed by atoms with van der Waals surface area (Å²) in [7, 11) is 0. The number of carbonyl (C=O) groups excluding carboxylic acids is 7. The summed E-state index contributed by atoms with van der Waals surface area (Å²) in [5.74, 6) is -8.21. The van der Waals surface area contributed by atoms with Crippen molar-refractivity contribution in [3.8, 4) is 0 Å². The van der Waals surface area contributed by atoms with Gasteiger partial charge in [0.1, 0.15) is 17.5 Å². The van der Waals surface area contributed by atoms with Gasteiger partial charge in [0.2, 0.25) is 17.6 Å². The van der Waals surface area contributed by atoms with Crippen LogP contribution in [0.3, 0.4) is 0 Å². The Hall–Kier alpha value is -4.16. The highest BCUT2D eigenvalue weighted by Crippen LogP contribution is 2.42. The van der Waals surface area contributed by atoms with E-state index in [4.69, 9.17) is 5.11 Å². The van der Waals surface area contributed by atoms with E-state index < -0.39 is 89.6 Å². The fourth-order valence-electron chi connectivity index (χ4n) is 6.69. The van der Waals surface area contributed by atoms with Crippen LogP contribution in [0.1, 0.15) is 96.5 Å². The zero-order valence-electron chi connectivity index (χ0n) is 27.8. The number of fused-ring (bicyclic) bond motifs is 1. The highest BCUT2D eigenvalue weighted by molar-refractivity contribution is 6.38. The first-order valence-corrected chi connectivity index (χ1v) is 16.4. The van der Waals surface area contributed by atoms with E-state index in [1.165, 1.54) is 23.5 Å². The highest BCUT2D eigenvalue weighted by atomic mass is 16.4. The van der Waals surface area contributed by atoms with Crippen molar-refractivity contribution >= 4 is 46.7 Å². The van der Waals surface area contributed by atoms with E-state index in [1.54, 1.807) is 34.6 Å². The van der Waals surface area contributed by atoms with Crippen LogP contribution in [0.2, 0.25) is 0 Å². The molecule has 0 radical (unpaired) electrons. The van der Waals surface area contributed by atoms with Gasteiger partial charge in [-0.25, -0.2) is 4.98 Å². The summed E-state index contributed by atoms with van der Waals surface area (Å²) in [5, 5.41) is 11.7. The average Bonchev–Trinajstić information content (AvgIpc) is 3.59. The molecule has 13 heteroatoms. The van der Waals surface area contributed by atoms with Crippen LogP contribution in [0.5, 0.6) is 0 Å². The van der Waals surface area contributed by atoms with E-state index in [-0.39, 0.29) is 55.4 Å². The highest BCUT2D eigenvalue weighted by Gasteiger charge is 2.54. The van der Waals surface area contributed by atoms with Crippen LogP contribution < -0.4 is 5.32 Å². The predicted molar refractivity (Wildman–Crippen MR) is 168 cm³/mol. The van der Waals surface area contributed by atoms with Gasteiger partial charge in [0.15, 0.2) is 17.3 Å². The van der Waals surface area contributed by atoms with Crippen molar-refractivity contribution in [2.24, 2.45) is 35.5 Å². The molecule has 1 aromatic heterocycles. The monoisotopic (exact) mass is 654 g/mol. The number of aliphatic carboxylic acids is 1. The second kappa shape index (κ2) is 16.6. The van der Waals surface area contributed by atoms with Crippen molar-refractivity contribution < 1.29 is 43.5 Å². The standard InChI is InChI=1S/C34H46N4O9/c1-6-7-20(32(45)26(40)10-11-29(43)44)14-28(42)31-21-8-9-25(39)23(21)17-38(31)34(47)30(19(4)5)37-33(46)22(18(2)3)15-27(41)24-16-35-12-13-36-24/h12-13,16,18-23,30-31H,6-11,14-15,17H2,1-5H3,(H,37,46)(H,43,44)/t20?,21-,22+,23-,30-,31-/m0/s1. The van der Waals surface area contributed by atoms with Crippen LogP contribution in [-0.2, 0) is 33.6 Å². The van der Waals surface area contributed by atoms with E-state index >= 15 is 0 Å². The molecule has 47 heavy (non-hydrogen) atoms. The van der Waals surface area contributed by atoms with E-state index in [2.05, 4.69) is 15.3 Å². The van der Waals surface area contributed by atoms with Crippen LogP contribution in [0.25, 0.3) is 0 Å². The molecule has 1 saturated heterocycles. The molecular formula is C34H46N4O9. The average molecular weight is 655 g/mol. The Morgan fingerprint density at radius 1 is 1.00 bits per heavy atom. The molecule has 1 saturated carbocycles. The fourth-order valence-corrected chi connectivity index (χ4v) is 6.69. The maximum absolute atomic E-state index is 14.2. The molecule has 0 bridgehead atoms. The molecule has 2 amide bonds. The summed E-state index contributed by atoms with van der Waals surface area (Å²) in [5.41, 5.74) is 0.125. The van der Waals surface area contributed by atoms with Crippen molar-refractivity contribution in [1.82, 2.24) is 20.2 Å². The summed E-state index contributed by atoms with van der Waals surface area (Å²) in [6, 6.07) is -2.08. The van der Waals surface area contributed by atoms with Gasteiger partial charge >= 0.3 is 5.97 Å².